The molecule has 0 saturated carbocycles. The molecule has 8 aliphatic heterocycles. The molecule has 4 saturated heterocycles. The number of ketones is 1. The van der Waals surface area contributed by atoms with E-state index in [-0.39, 0.29) is 78.9 Å². The van der Waals surface area contributed by atoms with Crippen molar-refractivity contribution in [2.24, 2.45) is 46.6 Å². The zero-order valence-electron chi connectivity index (χ0n) is 74.1. The monoisotopic (exact) mass is 1820 g/mol. The molecule has 4 fully saturated rings. The van der Waals surface area contributed by atoms with Crippen LogP contribution in [0.25, 0.3) is 0 Å². The lowest BCUT2D eigenvalue weighted by atomic mass is 9.64. The number of hydrogen-bond donors (Lipinski definition) is 4. The van der Waals surface area contributed by atoms with Crippen molar-refractivity contribution >= 4 is 46.4 Å². The first-order valence-electron chi connectivity index (χ1n) is 46.2. The second-order valence-electron chi connectivity index (χ2n) is 35.9. The summed E-state index contributed by atoms with van der Waals surface area (Å²) >= 11 is 0. The maximum Gasteiger partial charge on any atom is 0.232 e. The third-order valence-corrected chi connectivity index (χ3v) is 28.7. The van der Waals surface area contributed by atoms with E-state index in [0.29, 0.717) is 19.7 Å². The Morgan fingerprint density at radius 2 is 0.504 bits per heavy atom. The van der Waals surface area contributed by atoms with Crippen molar-refractivity contribution in [1.82, 2.24) is 19.6 Å². The first-order valence-corrected chi connectivity index (χ1v) is 46.2. The second-order valence-corrected chi connectivity index (χ2v) is 35.9. The Morgan fingerprint density at radius 1 is 0.290 bits per heavy atom. The van der Waals surface area contributed by atoms with Gasteiger partial charge in [-0.3, -0.25) is 28.9 Å². The van der Waals surface area contributed by atoms with E-state index in [9.17, 15) is 24.0 Å². The standard InChI is InChI=1S/C28H28N2O3.3C28H30N2O2.CH4.BrH.H2/c29-27(32)28(22-7-3-1-4-8-22,23-9-5-2-6-10-23)24-13-15-30(18-24)19-25(31)20-11-12-26-21(17-20)14-16-33-26;3*29-27(31)28(23-7-3-1-4-8-23,24-9-5-2-6-10-24)25-14-17-30(20-25)16-13-21-11-12-26-22(19-21)15-18-32-26;;;/h1-12,17,24H,13-16,18-19H2,(H2,29,32);3*1-12,19,25H,13-18,20H2,(H2,29,31);1H4;2*1H/t24-;3*25-;;;/m1111.../s1. The molecule has 8 aliphatic rings. The van der Waals surface area contributed by atoms with Crippen LogP contribution < -0.4 is 41.9 Å². The van der Waals surface area contributed by atoms with E-state index in [1.165, 1.54) is 33.4 Å². The second kappa shape index (κ2) is 42.7. The van der Waals surface area contributed by atoms with E-state index >= 15 is 0 Å². The molecule has 4 amide bonds. The molecule has 0 radical (unpaired) electrons. The number of nitrogens with zero attached hydrogens (tertiary/aromatic N) is 4. The molecule has 0 unspecified atom stereocenters. The minimum atomic E-state index is -0.939. The minimum Gasteiger partial charge on any atom is -0.493 e. The third kappa shape index (κ3) is 19.7. The van der Waals surface area contributed by atoms with Gasteiger partial charge in [0.15, 0.2) is 5.78 Å². The molecule has 12 aromatic carbocycles. The van der Waals surface area contributed by atoms with Crippen LogP contribution in [0.15, 0.2) is 315 Å². The lowest BCUT2D eigenvalue weighted by Crippen LogP contribution is -2.49. The Balaban J connectivity index is 0.000000141. The summed E-state index contributed by atoms with van der Waals surface area (Å²) in [6, 6.07) is 106. The van der Waals surface area contributed by atoms with Gasteiger partial charge in [-0.15, -0.1) is 17.0 Å². The van der Waals surface area contributed by atoms with Gasteiger partial charge in [-0.05, 0) is 215 Å². The number of rotatable bonds is 28. The Hall–Kier alpha value is -12.3. The van der Waals surface area contributed by atoms with E-state index in [2.05, 4.69) is 74.2 Å². The van der Waals surface area contributed by atoms with Crippen LogP contribution in [-0.4, -0.2) is 154 Å². The fourth-order valence-electron chi connectivity index (χ4n) is 22.3. The van der Waals surface area contributed by atoms with Crippen molar-refractivity contribution in [2.45, 2.75) is 99.7 Å². The van der Waals surface area contributed by atoms with Gasteiger partial charge in [0.05, 0.1) is 33.0 Å². The third-order valence-electron chi connectivity index (χ3n) is 28.7. The summed E-state index contributed by atoms with van der Waals surface area (Å²) in [7, 11) is 0. The van der Waals surface area contributed by atoms with Crippen LogP contribution in [0, 0.1) is 23.7 Å². The van der Waals surface area contributed by atoms with Gasteiger partial charge >= 0.3 is 0 Å². The van der Waals surface area contributed by atoms with Crippen molar-refractivity contribution < 1.29 is 44.3 Å². The fourth-order valence-corrected chi connectivity index (χ4v) is 22.3. The first-order chi connectivity index (χ1) is 63.1. The Labute approximate surface area is 784 Å². The largest absolute Gasteiger partial charge is 0.493 e. The first kappa shape index (κ1) is 93.4. The number of amides is 4. The quantitative estimate of drug-likeness (QED) is 0.0334. The zero-order valence-corrected chi connectivity index (χ0v) is 75.8. The maximum absolute atomic E-state index is 13.2. The molecule has 0 aromatic heterocycles. The number of benzene rings is 12. The van der Waals surface area contributed by atoms with Crippen LogP contribution in [0.4, 0.5) is 0 Å². The van der Waals surface area contributed by atoms with Crippen molar-refractivity contribution in [3.05, 3.63) is 404 Å². The molecule has 678 valence electrons. The van der Waals surface area contributed by atoms with E-state index in [1.54, 1.807) is 0 Å². The molecule has 0 bridgehead atoms. The number of hydrogen-bond acceptors (Lipinski definition) is 13. The number of primary amides is 4. The van der Waals surface area contributed by atoms with E-state index in [1.807, 2.05) is 261 Å². The highest BCUT2D eigenvalue weighted by atomic mass is 79.9. The van der Waals surface area contributed by atoms with Crippen molar-refractivity contribution in [3.63, 3.8) is 0 Å². The van der Waals surface area contributed by atoms with Crippen LogP contribution in [-0.2, 0) is 85.8 Å². The SMILES string of the molecule is Br.C.NC(=O)C(c1ccccc1)(c1ccccc1)[C@@H]1CCN(CC(=O)c2ccc3c(c2)CCO3)C1.NC(=O)C(c1ccccc1)(c1ccccc1)[C@@H]1CCN(CCc2ccc3c(c2)CCO3)C1.NC(=O)C(c1ccccc1)(c1ccccc1)[C@@H]1CCN(CCc2ccc3c(c2)CCO3)C1.NC(=O)C(c1ccccc1)(c1ccccc1)[C@@H]1CCN(CCc2ccc3c(c2)CCO3)C1.[HH]. The van der Waals surface area contributed by atoms with Gasteiger partial charge in [-0.25, -0.2) is 0 Å². The number of nitrogens with two attached hydrogens (primary N) is 4. The van der Waals surface area contributed by atoms with Crippen LogP contribution in [0.3, 0.4) is 0 Å². The van der Waals surface area contributed by atoms with Crippen LogP contribution in [0.1, 0.15) is 128 Å². The Bertz CT molecular complexity index is 5280. The molecule has 20 rings (SSSR count). The van der Waals surface area contributed by atoms with Crippen molar-refractivity contribution in [1.29, 1.82) is 0 Å². The molecule has 0 spiro atoms. The predicted octanol–water partition coefficient (Wildman–Crippen LogP) is 16.9. The van der Waals surface area contributed by atoms with Crippen molar-refractivity contribution in [3.8, 4) is 23.0 Å². The minimum absolute atomic E-state index is 0. The number of halogens is 1. The number of likely N-dealkylation sites (tertiary alicyclic amines) is 4. The topological polar surface area (TPSA) is 239 Å². The fraction of sp³-hybridized carbons (Fsp3) is 0.319. The Morgan fingerprint density at radius 3 is 0.740 bits per heavy atom. The summed E-state index contributed by atoms with van der Waals surface area (Å²) in [6.07, 6.45) is 10.5. The molecular formula is C113H125BrN8O9. The normalized spacial score (nSPS) is 18.0. The number of carbonyl (C=O) groups excluding carboxylic acids is 5. The van der Waals surface area contributed by atoms with Gasteiger partial charge in [0.2, 0.25) is 23.6 Å². The highest BCUT2D eigenvalue weighted by Crippen LogP contribution is 2.49. The van der Waals surface area contributed by atoms with E-state index in [4.69, 9.17) is 41.9 Å². The Kier molecular flexibility index (Phi) is 30.5. The van der Waals surface area contributed by atoms with Gasteiger partial charge < -0.3 is 56.6 Å². The van der Waals surface area contributed by atoms with E-state index in [0.717, 1.165) is 235 Å². The lowest BCUT2D eigenvalue weighted by molar-refractivity contribution is -0.124. The number of Topliss-reactive ketones (excluding diaryl/α,β-unsaturated/α-hetero) is 1. The number of ether oxygens (including phenoxy) is 4. The number of fused-ring (bicyclic) bond motifs is 4. The summed E-state index contributed by atoms with van der Waals surface area (Å²) in [5, 5.41) is 0. The van der Waals surface area contributed by atoms with Gasteiger partial charge in [0, 0.05) is 78.5 Å². The average molecular weight is 1820 g/mol. The molecule has 0 aliphatic carbocycles. The molecule has 8 N–H and O–H groups in total. The summed E-state index contributed by atoms with van der Waals surface area (Å²) in [6.45, 7) is 13.2. The molecule has 12 aromatic rings. The predicted molar refractivity (Wildman–Crippen MR) is 527 cm³/mol. The summed E-state index contributed by atoms with van der Waals surface area (Å²) in [5.41, 5.74) is 39.0. The van der Waals surface area contributed by atoms with Crippen molar-refractivity contribution in [2.75, 3.05) is 105 Å². The van der Waals surface area contributed by atoms with Crippen LogP contribution in [0.5, 0.6) is 23.0 Å². The molecule has 17 nitrogen and oxygen atoms in total. The van der Waals surface area contributed by atoms with Crippen LogP contribution in [0.2, 0.25) is 0 Å². The summed E-state index contributed by atoms with van der Waals surface area (Å²) in [5.74, 6) is 3.32. The lowest BCUT2D eigenvalue weighted by Gasteiger charge is -2.37. The van der Waals surface area contributed by atoms with E-state index < -0.39 is 21.7 Å². The summed E-state index contributed by atoms with van der Waals surface area (Å²) < 4.78 is 22.5. The molecule has 4 atom stereocenters. The maximum atomic E-state index is 13.2. The smallest absolute Gasteiger partial charge is 0.232 e. The number of carbonyl (C=O) groups is 5. The van der Waals surface area contributed by atoms with Gasteiger partial charge in [-0.2, -0.15) is 0 Å². The summed E-state index contributed by atoms with van der Waals surface area (Å²) in [4.78, 5) is 75.4. The zero-order chi connectivity index (χ0) is 88.7. The molecular weight excluding hydrogens is 1690 g/mol. The van der Waals surface area contributed by atoms with Gasteiger partial charge in [0.1, 0.15) is 44.7 Å². The van der Waals surface area contributed by atoms with Gasteiger partial charge in [0.25, 0.3) is 0 Å². The average Bonchev–Trinajstić information content (AvgIpc) is 1.45. The van der Waals surface area contributed by atoms with Gasteiger partial charge in [-0.1, -0.05) is 286 Å². The molecule has 8 heterocycles. The highest BCUT2D eigenvalue weighted by molar-refractivity contribution is 8.93. The highest BCUT2D eigenvalue weighted by Gasteiger charge is 2.54. The van der Waals surface area contributed by atoms with Crippen LogP contribution >= 0.6 is 17.0 Å². The molecule has 18 heteroatoms. The molecule has 131 heavy (non-hydrogen) atoms.